The highest BCUT2D eigenvalue weighted by Gasteiger charge is 2.31. The molecule has 1 amide bonds. The Morgan fingerprint density at radius 2 is 1.85 bits per heavy atom. The van der Waals surface area contributed by atoms with Crippen molar-refractivity contribution >= 4 is 5.91 Å². The van der Waals surface area contributed by atoms with E-state index in [1.54, 1.807) is 0 Å². The van der Waals surface area contributed by atoms with E-state index in [1.807, 2.05) is 0 Å². The predicted molar refractivity (Wildman–Crippen MR) is 80.6 cm³/mol. The van der Waals surface area contributed by atoms with Gasteiger partial charge in [-0.3, -0.25) is 9.69 Å². The summed E-state index contributed by atoms with van der Waals surface area (Å²) in [6.45, 7) is 4.06. The Morgan fingerprint density at radius 3 is 2.60 bits per heavy atom. The van der Waals surface area contributed by atoms with Crippen molar-refractivity contribution in [1.29, 1.82) is 0 Å². The molecule has 4 heteroatoms. The van der Waals surface area contributed by atoms with Crippen molar-refractivity contribution in [2.24, 2.45) is 5.92 Å². The Kier molecular flexibility index (Phi) is 4.94. The molecule has 2 N–H and O–H groups in total. The highest BCUT2D eigenvalue weighted by Crippen LogP contribution is 2.28. The summed E-state index contributed by atoms with van der Waals surface area (Å²) >= 11 is 0. The number of carbonyl (C=O) groups is 1. The van der Waals surface area contributed by atoms with Crippen LogP contribution in [0, 0.1) is 5.92 Å². The van der Waals surface area contributed by atoms with Crippen LogP contribution in [0.4, 0.5) is 0 Å². The van der Waals surface area contributed by atoms with Crippen LogP contribution in [0.1, 0.15) is 51.4 Å². The maximum Gasteiger partial charge on any atom is 0.234 e. The van der Waals surface area contributed by atoms with Gasteiger partial charge in [0, 0.05) is 12.1 Å². The van der Waals surface area contributed by atoms with E-state index in [4.69, 9.17) is 0 Å². The number of rotatable bonds is 4. The lowest BCUT2D eigenvalue weighted by atomic mass is 9.87. The number of likely N-dealkylation sites (tertiary alicyclic amines) is 1. The van der Waals surface area contributed by atoms with Gasteiger partial charge in [0.1, 0.15) is 0 Å². The summed E-state index contributed by atoms with van der Waals surface area (Å²) in [6, 6.07) is 1.14. The molecule has 1 aliphatic carbocycles. The summed E-state index contributed by atoms with van der Waals surface area (Å²) in [7, 11) is 0. The third-order valence-electron chi connectivity index (χ3n) is 5.13. The second-order valence-corrected chi connectivity index (χ2v) is 6.82. The summed E-state index contributed by atoms with van der Waals surface area (Å²) < 4.78 is 0. The summed E-state index contributed by atoms with van der Waals surface area (Å²) in [5.41, 5.74) is 0. The Bertz CT molecular complexity index is 324. The van der Waals surface area contributed by atoms with E-state index >= 15 is 0 Å². The molecule has 3 aliphatic rings. The lowest BCUT2D eigenvalue weighted by Crippen LogP contribution is -2.48. The summed E-state index contributed by atoms with van der Waals surface area (Å²) in [4.78, 5) is 14.6. The van der Waals surface area contributed by atoms with E-state index in [9.17, 15) is 4.79 Å². The van der Waals surface area contributed by atoms with E-state index in [1.165, 1.54) is 51.4 Å². The van der Waals surface area contributed by atoms with Crippen LogP contribution in [0.25, 0.3) is 0 Å². The molecule has 0 aromatic rings. The van der Waals surface area contributed by atoms with Gasteiger partial charge in [0.05, 0.1) is 6.54 Å². The fourth-order valence-corrected chi connectivity index (χ4v) is 3.84. The number of nitrogens with zero attached hydrogens (tertiary/aromatic N) is 1. The van der Waals surface area contributed by atoms with Gasteiger partial charge in [-0.25, -0.2) is 0 Å². The Morgan fingerprint density at radius 1 is 1.05 bits per heavy atom. The third-order valence-corrected chi connectivity index (χ3v) is 5.13. The number of carbonyl (C=O) groups excluding carboxylic acids is 1. The molecule has 2 saturated heterocycles. The summed E-state index contributed by atoms with van der Waals surface area (Å²) in [5, 5.41) is 6.61. The van der Waals surface area contributed by atoms with Crippen molar-refractivity contribution in [2.45, 2.75) is 63.5 Å². The highest BCUT2D eigenvalue weighted by atomic mass is 16.2. The van der Waals surface area contributed by atoms with Gasteiger partial charge in [0.25, 0.3) is 0 Å². The normalized spacial score (nSPS) is 29.9. The van der Waals surface area contributed by atoms with Crippen LogP contribution in [-0.4, -0.2) is 49.1 Å². The Balaban J connectivity index is 1.58. The molecule has 0 aromatic carbocycles. The number of amides is 1. The second kappa shape index (κ2) is 6.90. The summed E-state index contributed by atoms with van der Waals surface area (Å²) in [5.74, 6) is 1.05. The van der Waals surface area contributed by atoms with Gasteiger partial charge in [-0.2, -0.15) is 0 Å². The number of piperidine rings is 1. The standard InChI is InChI=1S/C16H29N3O/c20-16(18-14-5-6-14)12-19-11-3-1-2-4-15(19)13-7-9-17-10-8-13/h13-15,17H,1-12H2,(H,18,20). The average Bonchev–Trinajstić information content (AvgIpc) is 3.27. The van der Waals surface area contributed by atoms with E-state index in [-0.39, 0.29) is 5.91 Å². The molecule has 3 fully saturated rings. The van der Waals surface area contributed by atoms with Gasteiger partial charge >= 0.3 is 0 Å². The first kappa shape index (κ1) is 14.3. The minimum Gasteiger partial charge on any atom is -0.352 e. The lowest BCUT2D eigenvalue weighted by molar-refractivity contribution is -0.123. The topological polar surface area (TPSA) is 44.4 Å². The van der Waals surface area contributed by atoms with E-state index in [2.05, 4.69) is 15.5 Å². The van der Waals surface area contributed by atoms with Crippen LogP contribution in [-0.2, 0) is 4.79 Å². The van der Waals surface area contributed by atoms with Crippen LogP contribution in [0.2, 0.25) is 0 Å². The van der Waals surface area contributed by atoms with E-state index in [0.717, 1.165) is 25.6 Å². The molecule has 0 bridgehead atoms. The molecule has 20 heavy (non-hydrogen) atoms. The fourth-order valence-electron chi connectivity index (χ4n) is 3.84. The first-order valence-electron chi connectivity index (χ1n) is 8.57. The van der Waals surface area contributed by atoms with E-state index in [0.29, 0.717) is 18.6 Å². The minimum atomic E-state index is 0.258. The molecule has 0 spiro atoms. The van der Waals surface area contributed by atoms with E-state index < -0.39 is 0 Å². The van der Waals surface area contributed by atoms with Crippen molar-refractivity contribution in [3.8, 4) is 0 Å². The maximum absolute atomic E-state index is 12.1. The number of hydrogen-bond donors (Lipinski definition) is 2. The fraction of sp³-hybridized carbons (Fsp3) is 0.938. The van der Waals surface area contributed by atoms with Crippen LogP contribution in [0.15, 0.2) is 0 Å². The molecule has 114 valence electrons. The number of hydrogen-bond acceptors (Lipinski definition) is 3. The molecular weight excluding hydrogens is 250 g/mol. The van der Waals surface area contributed by atoms with Gasteiger partial charge in [0.2, 0.25) is 5.91 Å². The minimum absolute atomic E-state index is 0.258. The van der Waals surface area contributed by atoms with Crippen molar-refractivity contribution in [3.05, 3.63) is 0 Å². The molecule has 2 heterocycles. The predicted octanol–water partition coefficient (Wildman–Crippen LogP) is 1.51. The monoisotopic (exact) mass is 279 g/mol. The smallest absolute Gasteiger partial charge is 0.234 e. The van der Waals surface area contributed by atoms with Crippen LogP contribution >= 0.6 is 0 Å². The molecule has 4 nitrogen and oxygen atoms in total. The SMILES string of the molecule is O=C(CN1CCCCCC1C1CCNCC1)NC1CC1. The van der Waals surface area contributed by atoms with Crippen LogP contribution < -0.4 is 10.6 Å². The molecule has 2 aliphatic heterocycles. The van der Waals surface area contributed by atoms with Gasteiger partial charge in [-0.05, 0) is 64.1 Å². The van der Waals surface area contributed by atoms with Gasteiger partial charge in [0.15, 0.2) is 0 Å². The van der Waals surface area contributed by atoms with Crippen molar-refractivity contribution < 1.29 is 4.79 Å². The zero-order valence-corrected chi connectivity index (χ0v) is 12.6. The van der Waals surface area contributed by atoms with Crippen molar-refractivity contribution in [1.82, 2.24) is 15.5 Å². The van der Waals surface area contributed by atoms with Crippen molar-refractivity contribution in [2.75, 3.05) is 26.2 Å². The zero-order valence-electron chi connectivity index (χ0n) is 12.6. The molecule has 1 saturated carbocycles. The zero-order chi connectivity index (χ0) is 13.8. The van der Waals surface area contributed by atoms with Crippen molar-refractivity contribution in [3.63, 3.8) is 0 Å². The molecule has 1 atom stereocenters. The molecule has 3 rings (SSSR count). The molecule has 0 aromatic heterocycles. The van der Waals surface area contributed by atoms with Gasteiger partial charge in [-0.15, -0.1) is 0 Å². The average molecular weight is 279 g/mol. The van der Waals surface area contributed by atoms with Gasteiger partial charge in [-0.1, -0.05) is 12.8 Å². The first-order chi connectivity index (χ1) is 9.83. The number of nitrogens with one attached hydrogen (secondary N) is 2. The molecule has 0 radical (unpaired) electrons. The third kappa shape index (κ3) is 3.95. The highest BCUT2D eigenvalue weighted by molar-refractivity contribution is 5.78. The summed E-state index contributed by atoms with van der Waals surface area (Å²) in [6.07, 6.45) is 10.2. The quantitative estimate of drug-likeness (QED) is 0.820. The van der Waals surface area contributed by atoms with Crippen LogP contribution in [0.5, 0.6) is 0 Å². The Hall–Kier alpha value is -0.610. The lowest BCUT2D eigenvalue weighted by Gasteiger charge is -2.37. The van der Waals surface area contributed by atoms with Gasteiger partial charge < -0.3 is 10.6 Å². The Labute approximate surface area is 122 Å². The first-order valence-corrected chi connectivity index (χ1v) is 8.57. The van der Waals surface area contributed by atoms with Crippen LogP contribution in [0.3, 0.4) is 0 Å². The maximum atomic E-state index is 12.1. The largest absolute Gasteiger partial charge is 0.352 e. The molecule has 1 unspecified atom stereocenters. The molecular formula is C16H29N3O. The second-order valence-electron chi connectivity index (χ2n) is 6.82.